The van der Waals surface area contributed by atoms with Crippen LogP contribution in [0.4, 0.5) is 5.13 Å². The summed E-state index contributed by atoms with van der Waals surface area (Å²) in [5, 5.41) is 3.32. The van der Waals surface area contributed by atoms with Gasteiger partial charge in [-0.1, -0.05) is 0 Å². The zero-order valence-corrected chi connectivity index (χ0v) is 10.5. The normalized spacial score (nSPS) is 18.8. The maximum absolute atomic E-state index is 4.53. The smallest absolute Gasteiger partial charge is 0.185 e. The molecule has 1 aliphatic heterocycles. The van der Waals surface area contributed by atoms with E-state index in [1.54, 1.807) is 11.3 Å². The van der Waals surface area contributed by atoms with Crippen molar-refractivity contribution in [3.63, 3.8) is 0 Å². The van der Waals surface area contributed by atoms with Crippen molar-refractivity contribution < 1.29 is 0 Å². The van der Waals surface area contributed by atoms with Crippen LogP contribution in [-0.2, 0) is 0 Å². The molecule has 1 aromatic heterocycles. The number of thiazole rings is 1. The minimum absolute atomic E-state index is 0.671. The molecule has 0 bridgehead atoms. The maximum Gasteiger partial charge on any atom is 0.185 e. The number of piperazine rings is 1. The van der Waals surface area contributed by atoms with Gasteiger partial charge in [-0.3, -0.25) is 4.90 Å². The van der Waals surface area contributed by atoms with Crippen LogP contribution in [0.2, 0.25) is 0 Å². The first kappa shape index (κ1) is 10.9. The lowest BCUT2D eigenvalue weighted by Crippen LogP contribution is -2.48. The van der Waals surface area contributed by atoms with Crippen molar-refractivity contribution in [2.24, 2.45) is 0 Å². The van der Waals surface area contributed by atoms with Gasteiger partial charge in [-0.2, -0.15) is 0 Å². The number of aromatic nitrogens is 1. The fourth-order valence-electron chi connectivity index (χ4n) is 1.92. The van der Waals surface area contributed by atoms with Crippen LogP contribution >= 0.6 is 11.3 Å². The van der Waals surface area contributed by atoms with Crippen LogP contribution in [-0.4, -0.2) is 42.1 Å². The van der Waals surface area contributed by atoms with E-state index in [1.807, 2.05) is 0 Å². The summed E-state index contributed by atoms with van der Waals surface area (Å²) in [4.78, 5) is 9.45. The molecule has 0 N–H and O–H groups in total. The summed E-state index contributed by atoms with van der Waals surface area (Å²) < 4.78 is 0. The van der Waals surface area contributed by atoms with Crippen LogP contribution in [0.5, 0.6) is 0 Å². The van der Waals surface area contributed by atoms with Crippen LogP contribution < -0.4 is 4.90 Å². The largest absolute Gasteiger partial charge is 0.346 e. The fourth-order valence-corrected chi connectivity index (χ4v) is 2.77. The van der Waals surface area contributed by atoms with E-state index in [2.05, 4.69) is 40.9 Å². The van der Waals surface area contributed by atoms with E-state index in [1.165, 1.54) is 5.13 Å². The minimum Gasteiger partial charge on any atom is -0.346 e. The molecule has 0 radical (unpaired) electrons. The molecule has 0 saturated carbocycles. The molecule has 1 saturated heterocycles. The molecule has 3 nitrogen and oxygen atoms in total. The zero-order chi connectivity index (χ0) is 10.8. The van der Waals surface area contributed by atoms with Crippen molar-refractivity contribution in [1.29, 1.82) is 0 Å². The summed E-state index contributed by atoms with van der Waals surface area (Å²) in [6, 6.07) is 0.671. The van der Waals surface area contributed by atoms with Gasteiger partial charge in [0, 0.05) is 37.6 Å². The van der Waals surface area contributed by atoms with Crippen molar-refractivity contribution >= 4 is 16.5 Å². The number of nitrogens with zero attached hydrogens (tertiary/aromatic N) is 3. The number of anilines is 1. The van der Waals surface area contributed by atoms with E-state index in [9.17, 15) is 0 Å². The topological polar surface area (TPSA) is 19.4 Å². The second-order valence-corrected chi connectivity index (χ2v) is 5.22. The summed E-state index contributed by atoms with van der Waals surface area (Å²) in [6.45, 7) is 11.2. The van der Waals surface area contributed by atoms with Crippen molar-refractivity contribution in [3.8, 4) is 0 Å². The van der Waals surface area contributed by atoms with Gasteiger partial charge in [-0.15, -0.1) is 11.3 Å². The Balaban J connectivity index is 1.93. The molecule has 2 rings (SSSR count). The van der Waals surface area contributed by atoms with Crippen molar-refractivity contribution in [2.75, 3.05) is 31.1 Å². The standard InChI is InChI=1S/C11H19N3S/c1-9(2)13-4-6-14(7-5-13)11-12-10(3)8-15-11/h8-9H,4-7H2,1-3H3. The maximum atomic E-state index is 4.53. The second kappa shape index (κ2) is 4.49. The van der Waals surface area contributed by atoms with Crippen LogP contribution in [0.3, 0.4) is 0 Å². The Morgan fingerprint density at radius 3 is 2.40 bits per heavy atom. The quantitative estimate of drug-likeness (QED) is 0.767. The van der Waals surface area contributed by atoms with Crippen LogP contribution in [0.25, 0.3) is 0 Å². The highest BCUT2D eigenvalue weighted by molar-refractivity contribution is 7.13. The fraction of sp³-hybridized carbons (Fsp3) is 0.727. The lowest BCUT2D eigenvalue weighted by molar-refractivity contribution is 0.209. The Kier molecular flexibility index (Phi) is 3.26. The molecule has 15 heavy (non-hydrogen) atoms. The molecule has 0 amide bonds. The summed E-state index contributed by atoms with van der Waals surface area (Å²) in [6.07, 6.45) is 0. The molecule has 4 heteroatoms. The third-order valence-electron chi connectivity index (χ3n) is 2.92. The van der Waals surface area contributed by atoms with Gasteiger partial charge in [-0.25, -0.2) is 4.98 Å². The summed E-state index contributed by atoms with van der Waals surface area (Å²) >= 11 is 1.76. The molecular weight excluding hydrogens is 206 g/mol. The molecule has 0 atom stereocenters. The Labute approximate surface area is 95.7 Å². The molecular formula is C11H19N3S. The first-order valence-corrected chi connectivity index (χ1v) is 6.46. The molecule has 1 fully saturated rings. The highest BCUT2D eigenvalue weighted by Gasteiger charge is 2.20. The van der Waals surface area contributed by atoms with E-state index >= 15 is 0 Å². The van der Waals surface area contributed by atoms with Gasteiger partial charge >= 0.3 is 0 Å². The Hall–Kier alpha value is -0.610. The molecule has 1 aromatic rings. The van der Waals surface area contributed by atoms with Gasteiger partial charge in [-0.05, 0) is 20.8 Å². The Morgan fingerprint density at radius 2 is 1.93 bits per heavy atom. The second-order valence-electron chi connectivity index (χ2n) is 4.39. The Morgan fingerprint density at radius 1 is 1.27 bits per heavy atom. The summed E-state index contributed by atoms with van der Waals surface area (Å²) in [5.74, 6) is 0. The monoisotopic (exact) mass is 225 g/mol. The van der Waals surface area contributed by atoms with Crippen molar-refractivity contribution in [2.45, 2.75) is 26.8 Å². The third kappa shape index (κ3) is 2.49. The highest BCUT2D eigenvalue weighted by Crippen LogP contribution is 2.21. The average molecular weight is 225 g/mol. The van der Waals surface area contributed by atoms with Gasteiger partial charge in [0.1, 0.15) is 0 Å². The van der Waals surface area contributed by atoms with Crippen molar-refractivity contribution in [1.82, 2.24) is 9.88 Å². The zero-order valence-electron chi connectivity index (χ0n) is 9.73. The van der Waals surface area contributed by atoms with Gasteiger partial charge in [0.15, 0.2) is 5.13 Å². The van der Waals surface area contributed by atoms with Crippen LogP contribution in [0, 0.1) is 6.92 Å². The number of hydrogen-bond acceptors (Lipinski definition) is 4. The van der Waals surface area contributed by atoms with E-state index < -0.39 is 0 Å². The van der Waals surface area contributed by atoms with Gasteiger partial charge in [0.05, 0.1) is 5.69 Å². The van der Waals surface area contributed by atoms with Crippen molar-refractivity contribution in [3.05, 3.63) is 11.1 Å². The molecule has 2 heterocycles. The van der Waals surface area contributed by atoms with E-state index in [0.717, 1.165) is 31.9 Å². The number of aryl methyl sites for hydroxylation is 1. The number of hydrogen-bond donors (Lipinski definition) is 0. The first-order chi connectivity index (χ1) is 7.16. The first-order valence-electron chi connectivity index (χ1n) is 5.58. The van der Waals surface area contributed by atoms with Gasteiger partial charge < -0.3 is 4.90 Å². The molecule has 0 aliphatic carbocycles. The molecule has 0 spiro atoms. The lowest BCUT2D eigenvalue weighted by atomic mass is 10.2. The van der Waals surface area contributed by atoms with Gasteiger partial charge in [0.2, 0.25) is 0 Å². The van der Waals surface area contributed by atoms with Crippen LogP contribution in [0.15, 0.2) is 5.38 Å². The van der Waals surface area contributed by atoms with E-state index in [-0.39, 0.29) is 0 Å². The summed E-state index contributed by atoms with van der Waals surface area (Å²) in [5.41, 5.74) is 1.14. The minimum atomic E-state index is 0.671. The van der Waals surface area contributed by atoms with E-state index in [0.29, 0.717) is 6.04 Å². The van der Waals surface area contributed by atoms with Crippen LogP contribution in [0.1, 0.15) is 19.5 Å². The van der Waals surface area contributed by atoms with Gasteiger partial charge in [0.25, 0.3) is 0 Å². The Bertz CT molecular complexity index is 313. The molecule has 1 aliphatic rings. The molecule has 84 valence electrons. The molecule has 0 aromatic carbocycles. The SMILES string of the molecule is Cc1csc(N2CCN(C(C)C)CC2)n1. The predicted octanol–water partition coefficient (Wildman–Crippen LogP) is 1.98. The average Bonchev–Trinajstić information content (AvgIpc) is 2.65. The highest BCUT2D eigenvalue weighted by atomic mass is 32.1. The third-order valence-corrected chi connectivity index (χ3v) is 3.94. The predicted molar refractivity (Wildman–Crippen MR) is 65.8 cm³/mol. The van der Waals surface area contributed by atoms with E-state index in [4.69, 9.17) is 0 Å². The number of rotatable bonds is 2. The lowest BCUT2D eigenvalue weighted by Gasteiger charge is -2.36. The summed E-state index contributed by atoms with van der Waals surface area (Å²) in [7, 11) is 0. The molecule has 0 unspecified atom stereocenters.